The predicted octanol–water partition coefficient (Wildman–Crippen LogP) is 2.45. The third-order valence-electron chi connectivity index (χ3n) is 5.27. The first-order valence-electron chi connectivity index (χ1n) is 8.37. The molecule has 0 saturated heterocycles. The van der Waals surface area contributed by atoms with Crippen molar-refractivity contribution in [2.45, 2.75) is 31.2 Å². The second kappa shape index (κ2) is 5.22. The van der Waals surface area contributed by atoms with Gasteiger partial charge in [-0.1, -0.05) is 26.0 Å². The Kier molecular flexibility index (Phi) is 3.39. The van der Waals surface area contributed by atoms with Gasteiger partial charge >= 0.3 is 0 Å². The molecule has 0 saturated carbocycles. The highest BCUT2D eigenvalue weighted by molar-refractivity contribution is 6.10. The molecule has 1 heterocycles. The van der Waals surface area contributed by atoms with Crippen LogP contribution in [0.5, 0.6) is 17.2 Å². The van der Waals surface area contributed by atoms with E-state index < -0.39 is 17.2 Å². The van der Waals surface area contributed by atoms with Crippen molar-refractivity contribution >= 4 is 5.78 Å². The Morgan fingerprint density at radius 2 is 1.65 bits per heavy atom. The summed E-state index contributed by atoms with van der Waals surface area (Å²) in [5.74, 6) is -1.64. The van der Waals surface area contributed by atoms with Crippen molar-refractivity contribution in [3.05, 3.63) is 52.6 Å². The normalized spacial score (nSPS) is 25.6. The van der Waals surface area contributed by atoms with E-state index in [0.717, 1.165) is 5.56 Å². The van der Waals surface area contributed by atoms with Crippen LogP contribution >= 0.6 is 0 Å². The quantitative estimate of drug-likeness (QED) is 0.879. The number of aliphatic hydroxyl groups is 2. The minimum absolute atomic E-state index is 0.145. The van der Waals surface area contributed by atoms with Crippen LogP contribution in [0.1, 0.15) is 46.8 Å². The lowest BCUT2D eigenvalue weighted by Crippen LogP contribution is -2.48. The molecular formula is C20H20O6. The molecule has 0 amide bonds. The summed E-state index contributed by atoms with van der Waals surface area (Å²) in [6.07, 6.45) is 0. The van der Waals surface area contributed by atoms with Crippen LogP contribution in [-0.2, 0) is 11.4 Å². The van der Waals surface area contributed by atoms with Crippen molar-refractivity contribution in [2.75, 3.05) is 14.2 Å². The van der Waals surface area contributed by atoms with E-state index in [-0.39, 0.29) is 22.6 Å². The van der Waals surface area contributed by atoms with Gasteiger partial charge in [-0.05, 0) is 29.7 Å². The Bertz CT molecular complexity index is 934. The van der Waals surface area contributed by atoms with Crippen LogP contribution in [0.2, 0.25) is 0 Å². The zero-order valence-electron chi connectivity index (χ0n) is 15.0. The number of hydrogen-bond acceptors (Lipinski definition) is 6. The minimum atomic E-state index is -2.21. The molecule has 0 fully saturated rings. The zero-order chi connectivity index (χ0) is 18.9. The van der Waals surface area contributed by atoms with Gasteiger partial charge in [0.1, 0.15) is 5.75 Å². The lowest BCUT2D eigenvalue weighted by Gasteiger charge is -2.28. The fourth-order valence-corrected chi connectivity index (χ4v) is 3.77. The van der Waals surface area contributed by atoms with E-state index in [9.17, 15) is 15.0 Å². The third kappa shape index (κ3) is 1.80. The van der Waals surface area contributed by atoms with Crippen LogP contribution in [0.4, 0.5) is 0 Å². The van der Waals surface area contributed by atoms with E-state index in [2.05, 4.69) is 0 Å². The summed E-state index contributed by atoms with van der Waals surface area (Å²) < 4.78 is 16.3. The van der Waals surface area contributed by atoms with Crippen LogP contribution in [0.15, 0.2) is 30.3 Å². The van der Waals surface area contributed by atoms with Gasteiger partial charge in [-0.15, -0.1) is 0 Å². The number of Topliss-reactive ketones (excluding diaryl/α,β-unsaturated/α-hetero) is 1. The van der Waals surface area contributed by atoms with Crippen molar-refractivity contribution < 1.29 is 29.2 Å². The fraction of sp³-hybridized carbons (Fsp3) is 0.350. The van der Waals surface area contributed by atoms with Crippen molar-refractivity contribution in [1.82, 2.24) is 0 Å². The molecule has 26 heavy (non-hydrogen) atoms. The molecule has 6 heteroatoms. The Hall–Kier alpha value is -2.57. The smallest absolute Gasteiger partial charge is 0.276 e. The van der Waals surface area contributed by atoms with E-state index >= 15 is 0 Å². The maximum absolute atomic E-state index is 13.1. The first kappa shape index (κ1) is 16.9. The van der Waals surface area contributed by atoms with Gasteiger partial charge in [0.25, 0.3) is 5.79 Å². The fourth-order valence-electron chi connectivity index (χ4n) is 3.77. The van der Waals surface area contributed by atoms with Crippen molar-refractivity contribution in [3.63, 3.8) is 0 Å². The highest BCUT2D eigenvalue weighted by atomic mass is 16.7. The first-order valence-corrected chi connectivity index (χ1v) is 8.37. The monoisotopic (exact) mass is 356 g/mol. The van der Waals surface area contributed by atoms with Crippen LogP contribution < -0.4 is 14.2 Å². The zero-order valence-corrected chi connectivity index (χ0v) is 15.0. The Balaban J connectivity index is 1.94. The van der Waals surface area contributed by atoms with E-state index in [1.807, 2.05) is 19.9 Å². The van der Waals surface area contributed by atoms with Crippen LogP contribution in [0, 0.1) is 0 Å². The van der Waals surface area contributed by atoms with Crippen LogP contribution in [0.3, 0.4) is 0 Å². The third-order valence-corrected chi connectivity index (χ3v) is 5.27. The number of hydrogen-bond donors (Lipinski definition) is 2. The summed E-state index contributed by atoms with van der Waals surface area (Å²) in [4.78, 5) is 13.1. The molecular weight excluding hydrogens is 336 g/mol. The highest BCUT2D eigenvalue weighted by Gasteiger charge is 2.70. The van der Waals surface area contributed by atoms with Crippen LogP contribution in [0.25, 0.3) is 0 Å². The van der Waals surface area contributed by atoms with Crippen molar-refractivity contribution in [2.24, 2.45) is 0 Å². The molecule has 6 nitrogen and oxygen atoms in total. The molecule has 0 spiro atoms. The van der Waals surface area contributed by atoms with Gasteiger partial charge in [-0.3, -0.25) is 4.79 Å². The largest absolute Gasteiger partial charge is 0.493 e. The second-order valence-corrected chi connectivity index (χ2v) is 6.95. The summed E-state index contributed by atoms with van der Waals surface area (Å²) in [7, 11) is 2.91. The average molecular weight is 356 g/mol. The number of rotatable bonds is 3. The van der Waals surface area contributed by atoms with Crippen molar-refractivity contribution in [3.8, 4) is 17.2 Å². The number of carbonyl (C=O) groups is 1. The summed E-state index contributed by atoms with van der Waals surface area (Å²) >= 11 is 0. The van der Waals surface area contributed by atoms with Crippen molar-refractivity contribution in [1.29, 1.82) is 0 Å². The molecule has 2 unspecified atom stereocenters. The van der Waals surface area contributed by atoms with E-state index in [4.69, 9.17) is 14.2 Å². The van der Waals surface area contributed by atoms with Crippen LogP contribution in [-0.4, -0.2) is 30.2 Å². The summed E-state index contributed by atoms with van der Waals surface area (Å²) in [5.41, 5.74) is -0.673. The SMILES string of the molecule is COc1cc2c(cc1OC)C1(O)Oc3cc(C(C)C)ccc3C1(O)C2=O. The molecule has 2 atom stereocenters. The number of ketones is 1. The molecule has 0 aromatic heterocycles. The first-order chi connectivity index (χ1) is 12.3. The molecule has 2 N–H and O–H groups in total. The second-order valence-electron chi connectivity index (χ2n) is 6.95. The molecule has 1 aliphatic carbocycles. The lowest BCUT2D eigenvalue weighted by atomic mass is 9.86. The number of benzene rings is 2. The number of ether oxygens (including phenoxy) is 3. The minimum Gasteiger partial charge on any atom is -0.493 e. The van der Waals surface area contributed by atoms with Gasteiger partial charge in [0.2, 0.25) is 11.4 Å². The van der Waals surface area contributed by atoms with Gasteiger partial charge in [0, 0.05) is 16.7 Å². The van der Waals surface area contributed by atoms with Gasteiger partial charge in [0.15, 0.2) is 11.5 Å². The lowest BCUT2D eigenvalue weighted by molar-refractivity contribution is -0.224. The van der Waals surface area contributed by atoms with Gasteiger partial charge in [-0.2, -0.15) is 0 Å². The Labute approximate surface area is 150 Å². The van der Waals surface area contributed by atoms with E-state index in [1.54, 1.807) is 12.1 Å². The topological polar surface area (TPSA) is 85.2 Å². The average Bonchev–Trinajstić information content (AvgIpc) is 2.96. The highest BCUT2D eigenvalue weighted by Crippen LogP contribution is 2.59. The Morgan fingerprint density at radius 1 is 1.00 bits per heavy atom. The van der Waals surface area contributed by atoms with Gasteiger partial charge < -0.3 is 24.4 Å². The molecule has 0 bridgehead atoms. The number of fused-ring (bicyclic) bond motifs is 5. The Morgan fingerprint density at radius 3 is 2.27 bits per heavy atom. The number of methoxy groups -OCH3 is 2. The van der Waals surface area contributed by atoms with Gasteiger partial charge in [-0.25, -0.2) is 0 Å². The van der Waals surface area contributed by atoms with Gasteiger partial charge in [0.05, 0.1) is 14.2 Å². The molecule has 2 aromatic rings. The maximum Gasteiger partial charge on any atom is 0.276 e. The molecule has 4 rings (SSSR count). The number of carbonyl (C=O) groups excluding carboxylic acids is 1. The molecule has 136 valence electrons. The summed E-state index contributed by atoms with van der Waals surface area (Å²) in [6.45, 7) is 4.05. The molecule has 0 radical (unpaired) electrons. The summed E-state index contributed by atoms with van der Waals surface area (Å²) in [5, 5.41) is 22.5. The van der Waals surface area contributed by atoms with E-state index in [0.29, 0.717) is 17.2 Å². The molecule has 2 aromatic carbocycles. The summed E-state index contributed by atoms with van der Waals surface area (Å²) in [6, 6.07) is 8.15. The molecule has 1 aliphatic heterocycles. The van der Waals surface area contributed by atoms with E-state index in [1.165, 1.54) is 26.4 Å². The standard InChI is InChI=1S/C20H20O6/c1-10(2)11-5-6-13-15(7-11)26-20(23)14-9-17(25-4)16(24-3)8-12(14)18(21)19(13,20)22/h5-10,22-23H,1-4H3. The predicted molar refractivity (Wildman–Crippen MR) is 92.8 cm³/mol. The maximum atomic E-state index is 13.1. The molecule has 2 aliphatic rings.